The molecule has 1 atom stereocenters. The third-order valence-corrected chi connectivity index (χ3v) is 6.26. The molecule has 12 heteroatoms. The van der Waals surface area contributed by atoms with Gasteiger partial charge in [-0.3, -0.25) is 9.59 Å². The van der Waals surface area contributed by atoms with Crippen LogP contribution in [0.25, 0.3) is 16.5 Å². The fraction of sp³-hybridized carbons (Fsp3) is 0.250. The van der Waals surface area contributed by atoms with Gasteiger partial charge in [-0.25, -0.2) is 14.4 Å². The number of nitrogens with one attached hydrogen (secondary N) is 2. The summed E-state index contributed by atoms with van der Waals surface area (Å²) in [4.78, 5) is 34.2. The molecule has 0 spiro atoms. The number of amides is 2. The Morgan fingerprint density at radius 3 is 2.69 bits per heavy atom. The molecule has 4 N–H and O–H groups in total. The Balaban J connectivity index is 1.96. The summed E-state index contributed by atoms with van der Waals surface area (Å²) in [7, 11) is 3.59. The number of rotatable bonds is 10. The molecule has 190 valence electrons. The number of hydrogen-bond donors (Lipinski definition) is 3. The minimum Gasteiger partial charge on any atom is -0.491 e. The number of benzene rings is 2. The molecule has 0 bridgehead atoms. The van der Waals surface area contributed by atoms with Gasteiger partial charge in [0, 0.05) is 27.1 Å². The molecule has 3 rings (SSSR count). The van der Waals surface area contributed by atoms with Crippen molar-refractivity contribution in [3.05, 3.63) is 58.0 Å². The second kappa shape index (κ2) is 11.6. The highest BCUT2D eigenvalue weighted by molar-refractivity contribution is 9.10. The number of nitrogens with zero attached hydrogens (tertiary/aromatic N) is 3. The summed E-state index contributed by atoms with van der Waals surface area (Å²) in [5.41, 5.74) is 6.36. The van der Waals surface area contributed by atoms with Crippen molar-refractivity contribution in [1.82, 2.24) is 20.2 Å². The maximum Gasteiger partial charge on any atom is 0.248 e. The van der Waals surface area contributed by atoms with Crippen LogP contribution in [0, 0.1) is 5.82 Å². The van der Waals surface area contributed by atoms with Gasteiger partial charge in [0.25, 0.3) is 0 Å². The number of ether oxygens (including phenoxy) is 1. The lowest BCUT2D eigenvalue weighted by Gasteiger charge is -2.19. The van der Waals surface area contributed by atoms with Crippen LogP contribution in [0.5, 0.6) is 5.75 Å². The normalized spacial score (nSPS) is 11.9. The van der Waals surface area contributed by atoms with Crippen molar-refractivity contribution in [3.63, 3.8) is 0 Å². The molecule has 0 saturated carbocycles. The summed E-state index contributed by atoms with van der Waals surface area (Å²) in [5, 5.41) is 6.14. The van der Waals surface area contributed by atoms with Crippen molar-refractivity contribution in [1.29, 1.82) is 0 Å². The van der Waals surface area contributed by atoms with E-state index >= 15 is 0 Å². The smallest absolute Gasteiger partial charge is 0.248 e. The number of primary amides is 1. The predicted molar refractivity (Wildman–Crippen MR) is 142 cm³/mol. The highest BCUT2D eigenvalue weighted by atomic mass is 79.9. The Morgan fingerprint density at radius 2 is 2.03 bits per heavy atom. The molecular formula is C24H25BrClFN6O3. The van der Waals surface area contributed by atoms with Crippen LogP contribution in [0.15, 0.2) is 41.6 Å². The maximum atomic E-state index is 14.7. The van der Waals surface area contributed by atoms with Gasteiger partial charge < -0.3 is 26.0 Å². The molecule has 0 aliphatic heterocycles. The number of anilines is 2. The van der Waals surface area contributed by atoms with Gasteiger partial charge in [-0.15, -0.1) is 0 Å². The van der Waals surface area contributed by atoms with Crippen molar-refractivity contribution in [2.24, 2.45) is 5.73 Å². The number of carbonyl (C=O) groups excluding carboxylic acids is 2. The molecule has 2 amide bonds. The summed E-state index contributed by atoms with van der Waals surface area (Å²) < 4.78 is 21.0. The largest absolute Gasteiger partial charge is 0.491 e. The number of aromatic nitrogens is 2. The lowest BCUT2D eigenvalue weighted by atomic mass is 10.0. The van der Waals surface area contributed by atoms with E-state index < -0.39 is 11.7 Å². The number of nitrogens with two attached hydrogens (primary N) is 1. The number of hydrogen-bond acceptors (Lipinski definition) is 7. The van der Waals surface area contributed by atoms with Crippen molar-refractivity contribution in [2.45, 2.75) is 13.0 Å². The SMILES string of the molecule is C=C(C(N)=O)c1cc2c(Nc3ccc(Br)c(Cl)c3F)ncnc2cc1OCC(C)NC(=O)CN(C)C. The summed E-state index contributed by atoms with van der Waals surface area (Å²) in [6.07, 6.45) is 1.31. The Labute approximate surface area is 221 Å². The summed E-state index contributed by atoms with van der Waals surface area (Å²) in [6.45, 7) is 5.92. The van der Waals surface area contributed by atoms with Crippen LogP contribution in [-0.2, 0) is 9.59 Å². The molecule has 0 aliphatic rings. The van der Waals surface area contributed by atoms with Gasteiger partial charge >= 0.3 is 0 Å². The lowest BCUT2D eigenvalue weighted by molar-refractivity contribution is -0.122. The maximum absolute atomic E-state index is 14.7. The van der Waals surface area contributed by atoms with Crippen molar-refractivity contribution in [3.8, 4) is 5.75 Å². The predicted octanol–water partition coefficient (Wildman–Crippen LogP) is 3.87. The van der Waals surface area contributed by atoms with Gasteiger partial charge in [-0.1, -0.05) is 18.2 Å². The van der Waals surface area contributed by atoms with E-state index in [2.05, 4.69) is 43.1 Å². The van der Waals surface area contributed by atoms with Gasteiger partial charge in [-0.05, 0) is 55.1 Å². The second-order valence-corrected chi connectivity index (χ2v) is 9.53. The third kappa shape index (κ3) is 6.48. The number of carbonyl (C=O) groups is 2. The van der Waals surface area contributed by atoms with Crippen molar-refractivity contribution >= 4 is 67.3 Å². The number of halogens is 3. The first-order valence-corrected chi connectivity index (χ1v) is 11.9. The van der Waals surface area contributed by atoms with Gasteiger partial charge in [0.2, 0.25) is 11.8 Å². The van der Waals surface area contributed by atoms with E-state index in [0.29, 0.717) is 26.7 Å². The van der Waals surface area contributed by atoms with E-state index in [-0.39, 0.29) is 47.2 Å². The van der Waals surface area contributed by atoms with Crippen LogP contribution in [-0.4, -0.2) is 60.0 Å². The number of fused-ring (bicyclic) bond motifs is 1. The first-order valence-electron chi connectivity index (χ1n) is 10.7. The fourth-order valence-corrected chi connectivity index (χ4v) is 3.76. The topological polar surface area (TPSA) is 122 Å². The first-order chi connectivity index (χ1) is 17.0. The standard InChI is InChI=1S/C24H25BrClFN6O3/c1-12(31-20(34)9-33(3)4)10-36-19-8-18-15(7-14(19)13(2)23(28)35)24(30-11-29-18)32-17-6-5-16(25)21(26)22(17)27/h5-8,11-12H,2,9-10H2,1,3-4H3,(H2,28,35)(H,31,34)(H,29,30,32). The van der Waals surface area contributed by atoms with Crippen molar-refractivity contribution < 1.29 is 18.7 Å². The van der Waals surface area contributed by atoms with Gasteiger partial charge in [-0.2, -0.15) is 0 Å². The van der Waals surface area contributed by atoms with Crippen LogP contribution in [0.3, 0.4) is 0 Å². The van der Waals surface area contributed by atoms with E-state index in [4.69, 9.17) is 22.1 Å². The van der Waals surface area contributed by atoms with Crippen LogP contribution in [0.1, 0.15) is 12.5 Å². The Kier molecular flexibility index (Phi) is 8.83. The Morgan fingerprint density at radius 1 is 1.31 bits per heavy atom. The zero-order valence-corrected chi connectivity index (χ0v) is 22.2. The molecule has 0 aliphatic carbocycles. The molecule has 0 saturated heterocycles. The Hall–Kier alpha value is -3.28. The minimum atomic E-state index is -0.747. The van der Waals surface area contributed by atoms with Crippen molar-refractivity contribution in [2.75, 3.05) is 32.6 Å². The van der Waals surface area contributed by atoms with E-state index in [0.717, 1.165) is 0 Å². The molecule has 9 nitrogen and oxygen atoms in total. The minimum absolute atomic E-state index is 0.00358. The monoisotopic (exact) mass is 578 g/mol. The van der Waals surface area contributed by atoms with E-state index in [1.807, 2.05) is 0 Å². The fourth-order valence-electron chi connectivity index (χ4n) is 3.29. The van der Waals surface area contributed by atoms with Crippen LogP contribution in [0.2, 0.25) is 5.02 Å². The molecule has 1 aromatic heterocycles. The zero-order chi connectivity index (χ0) is 26.6. The number of likely N-dealkylation sites (N-methyl/N-ethyl adjacent to an activating group) is 1. The quantitative estimate of drug-likeness (QED) is 0.246. The third-order valence-electron chi connectivity index (χ3n) is 5.00. The molecule has 0 fully saturated rings. The highest BCUT2D eigenvalue weighted by Gasteiger charge is 2.19. The summed E-state index contributed by atoms with van der Waals surface area (Å²) in [5.74, 6) is -0.997. The van der Waals surface area contributed by atoms with E-state index in [1.165, 1.54) is 12.4 Å². The lowest BCUT2D eigenvalue weighted by Crippen LogP contribution is -2.41. The average molecular weight is 580 g/mol. The van der Waals surface area contributed by atoms with Gasteiger partial charge in [0.15, 0.2) is 5.82 Å². The van der Waals surface area contributed by atoms with E-state index in [9.17, 15) is 14.0 Å². The first kappa shape index (κ1) is 27.3. The highest BCUT2D eigenvalue weighted by Crippen LogP contribution is 2.35. The summed E-state index contributed by atoms with van der Waals surface area (Å²) >= 11 is 9.19. The molecule has 36 heavy (non-hydrogen) atoms. The molecule has 0 radical (unpaired) electrons. The Bertz CT molecular complexity index is 1340. The van der Waals surface area contributed by atoms with Crippen LogP contribution in [0.4, 0.5) is 15.9 Å². The van der Waals surface area contributed by atoms with Crippen LogP contribution < -0.4 is 21.1 Å². The zero-order valence-electron chi connectivity index (χ0n) is 19.9. The summed E-state index contributed by atoms with van der Waals surface area (Å²) in [6, 6.07) is 5.97. The van der Waals surface area contributed by atoms with Gasteiger partial charge in [0.05, 0.1) is 28.8 Å². The average Bonchev–Trinajstić information content (AvgIpc) is 2.81. The van der Waals surface area contributed by atoms with Crippen LogP contribution >= 0.6 is 27.5 Å². The van der Waals surface area contributed by atoms with Gasteiger partial charge in [0.1, 0.15) is 24.5 Å². The van der Waals surface area contributed by atoms with E-state index in [1.54, 1.807) is 44.1 Å². The molecule has 3 aromatic rings. The molecule has 1 unspecified atom stereocenters. The molecular weight excluding hydrogens is 555 g/mol. The second-order valence-electron chi connectivity index (χ2n) is 8.30. The molecule has 2 aromatic carbocycles. The molecule has 1 heterocycles.